The van der Waals surface area contributed by atoms with Crippen LogP contribution in [0, 0.1) is 6.92 Å². The van der Waals surface area contributed by atoms with Crippen LogP contribution >= 0.6 is 35.7 Å². The molecule has 1 aliphatic heterocycles. The molecule has 7 nitrogen and oxygen atoms in total. The lowest BCUT2D eigenvalue weighted by Crippen LogP contribution is -2.44. The number of thioether (sulfide) groups is 1. The molecule has 0 radical (unpaired) electrons. The quantitative estimate of drug-likeness (QED) is 0.296. The van der Waals surface area contributed by atoms with Gasteiger partial charge in [0.15, 0.2) is 5.96 Å². The van der Waals surface area contributed by atoms with Crippen LogP contribution in [0.4, 0.5) is 0 Å². The summed E-state index contributed by atoms with van der Waals surface area (Å²) in [6.07, 6.45) is 0.787. The molecule has 0 aliphatic carbocycles. The molecular weight excluding hydrogens is 511 g/mol. The smallest absolute Gasteiger partial charge is 0.215 e. The van der Waals surface area contributed by atoms with E-state index < -0.39 is 10.0 Å². The number of methoxy groups -OCH3 is 1. The molecule has 1 saturated heterocycles. The topological polar surface area (TPSA) is 83.0 Å². The summed E-state index contributed by atoms with van der Waals surface area (Å²) in [5, 5.41) is 6.31. The van der Waals surface area contributed by atoms with Crippen molar-refractivity contribution in [1.82, 2.24) is 14.9 Å². The van der Waals surface area contributed by atoms with E-state index in [9.17, 15) is 8.42 Å². The average molecular weight is 543 g/mol. The van der Waals surface area contributed by atoms with Crippen LogP contribution in [0.2, 0.25) is 0 Å². The van der Waals surface area contributed by atoms with E-state index in [1.165, 1.54) is 5.56 Å². The number of sulfonamides is 1. The molecule has 160 valence electrons. The van der Waals surface area contributed by atoms with E-state index in [2.05, 4.69) is 28.6 Å². The summed E-state index contributed by atoms with van der Waals surface area (Å²) in [5.74, 6) is 3.29. The van der Waals surface area contributed by atoms with E-state index >= 15 is 0 Å². The standard InChI is InChI=1S/C18H30N4O3S2.HI/c1-15-4-5-17(25-3)16(14-15)6-7-20-18(19-2)21-8-13-27(23,24)22-9-11-26-12-10-22;/h4-5,14H,6-13H2,1-3H3,(H2,19,20,21);1H. The fourth-order valence-electron chi connectivity index (χ4n) is 2.89. The Morgan fingerprint density at radius 2 is 1.93 bits per heavy atom. The highest BCUT2D eigenvalue weighted by Gasteiger charge is 2.23. The predicted octanol–water partition coefficient (Wildman–Crippen LogP) is 1.71. The van der Waals surface area contributed by atoms with Crippen LogP contribution in [-0.4, -0.2) is 76.3 Å². The number of ether oxygens (including phenoxy) is 1. The maximum Gasteiger partial charge on any atom is 0.215 e. The average Bonchev–Trinajstić information content (AvgIpc) is 2.67. The minimum absolute atomic E-state index is 0. The van der Waals surface area contributed by atoms with Gasteiger partial charge in [0.05, 0.1) is 12.9 Å². The number of nitrogens with one attached hydrogen (secondary N) is 2. The van der Waals surface area contributed by atoms with Gasteiger partial charge < -0.3 is 15.4 Å². The van der Waals surface area contributed by atoms with Gasteiger partial charge in [-0.05, 0) is 25.0 Å². The van der Waals surface area contributed by atoms with Gasteiger partial charge in [0, 0.05) is 44.7 Å². The summed E-state index contributed by atoms with van der Waals surface area (Å²) >= 11 is 1.80. The molecule has 0 spiro atoms. The van der Waals surface area contributed by atoms with Crippen LogP contribution < -0.4 is 15.4 Å². The van der Waals surface area contributed by atoms with Crippen LogP contribution in [0.25, 0.3) is 0 Å². The van der Waals surface area contributed by atoms with Crippen molar-refractivity contribution >= 4 is 51.7 Å². The first-order chi connectivity index (χ1) is 13.0. The van der Waals surface area contributed by atoms with Gasteiger partial charge in [-0.1, -0.05) is 17.7 Å². The SMILES string of the molecule is CN=C(NCCc1cc(C)ccc1OC)NCCS(=O)(=O)N1CCSCC1.I. The van der Waals surface area contributed by atoms with Gasteiger partial charge in [-0.3, -0.25) is 4.99 Å². The van der Waals surface area contributed by atoms with Crippen LogP contribution in [0.5, 0.6) is 5.75 Å². The number of guanidine groups is 1. The Kier molecular flexibility index (Phi) is 11.5. The summed E-state index contributed by atoms with van der Waals surface area (Å²) in [6.45, 7) is 4.28. The molecular formula is C18H31IN4O3S2. The Morgan fingerprint density at radius 1 is 1.25 bits per heavy atom. The molecule has 1 aromatic rings. The fourth-order valence-corrected chi connectivity index (χ4v) is 5.38. The van der Waals surface area contributed by atoms with Crippen LogP contribution in [0.3, 0.4) is 0 Å². The number of aliphatic imine (C=N–C) groups is 1. The van der Waals surface area contributed by atoms with Crippen LogP contribution in [0.15, 0.2) is 23.2 Å². The normalized spacial score (nSPS) is 15.6. The lowest BCUT2D eigenvalue weighted by atomic mass is 10.1. The molecule has 10 heteroatoms. The molecule has 0 saturated carbocycles. The third-order valence-electron chi connectivity index (χ3n) is 4.36. The zero-order valence-corrected chi connectivity index (χ0v) is 20.7. The number of nitrogens with zero attached hydrogens (tertiary/aromatic N) is 2. The fraction of sp³-hybridized carbons (Fsp3) is 0.611. The van der Waals surface area contributed by atoms with Gasteiger partial charge in [-0.15, -0.1) is 24.0 Å². The molecule has 0 aromatic heterocycles. The summed E-state index contributed by atoms with van der Waals surface area (Å²) in [5.41, 5.74) is 2.32. The zero-order chi connectivity index (χ0) is 19.7. The van der Waals surface area contributed by atoms with Gasteiger partial charge >= 0.3 is 0 Å². The van der Waals surface area contributed by atoms with Gasteiger partial charge in [0.2, 0.25) is 10.0 Å². The Labute approximate surface area is 190 Å². The molecule has 0 amide bonds. The van der Waals surface area contributed by atoms with Gasteiger partial charge in [-0.25, -0.2) is 12.7 Å². The van der Waals surface area contributed by atoms with E-state index in [4.69, 9.17) is 4.74 Å². The Balaban J connectivity index is 0.00000392. The molecule has 1 heterocycles. The molecule has 0 unspecified atom stereocenters. The Morgan fingerprint density at radius 3 is 2.57 bits per heavy atom. The maximum atomic E-state index is 12.4. The van der Waals surface area contributed by atoms with Gasteiger partial charge in [0.1, 0.15) is 5.75 Å². The van der Waals surface area contributed by atoms with Crippen molar-refractivity contribution < 1.29 is 13.2 Å². The third-order valence-corrected chi connectivity index (χ3v) is 7.18. The summed E-state index contributed by atoms with van der Waals surface area (Å²) in [7, 11) is 0.143. The van der Waals surface area contributed by atoms with Crippen molar-refractivity contribution in [2.24, 2.45) is 4.99 Å². The number of rotatable bonds is 8. The second-order valence-corrected chi connectivity index (χ2v) is 9.63. The van der Waals surface area contributed by atoms with Crippen molar-refractivity contribution in [2.45, 2.75) is 13.3 Å². The highest BCUT2D eigenvalue weighted by Crippen LogP contribution is 2.19. The predicted molar refractivity (Wildman–Crippen MR) is 129 cm³/mol. The minimum atomic E-state index is -3.21. The molecule has 2 rings (SSSR count). The monoisotopic (exact) mass is 542 g/mol. The number of aryl methyl sites for hydroxylation is 1. The van der Waals surface area contributed by atoms with Crippen molar-refractivity contribution in [3.8, 4) is 5.75 Å². The van der Waals surface area contributed by atoms with E-state index in [1.54, 1.807) is 30.2 Å². The summed E-state index contributed by atoms with van der Waals surface area (Å²) < 4.78 is 31.7. The lowest BCUT2D eigenvalue weighted by Gasteiger charge is -2.25. The molecule has 0 bridgehead atoms. The van der Waals surface area contributed by atoms with Gasteiger partial charge in [0.25, 0.3) is 0 Å². The first kappa shape index (κ1) is 25.3. The molecule has 2 N–H and O–H groups in total. The summed E-state index contributed by atoms with van der Waals surface area (Å²) in [4.78, 5) is 4.16. The number of hydrogen-bond acceptors (Lipinski definition) is 5. The Hall–Kier alpha value is -0.720. The van der Waals surface area contributed by atoms with Crippen molar-refractivity contribution in [1.29, 1.82) is 0 Å². The van der Waals surface area contributed by atoms with E-state index in [1.807, 2.05) is 12.1 Å². The largest absolute Gasteiger partial charge is 0.496 e. The Bertz CT molecular complexity index is 738. The van der Waals surface area contributed by atoms with E-state index in [-0.39, 0.29) is 29.7 Å². The minimum Gasteiger partial charge on any atom is -0.496 e. The second kappa shape index (κ2) is 12.8. The number of benzene rings is 1. The van der Waals surface area contributed by atoms with Crippen molar-refractivity contribution in [2.75, 3.05) is 57.6 Å². The first-order valence-electron chi connectivity index (χ1n) is 9.10. The van der Waals surface area contributed by atoms with Crippen LogP contribution in [0.1, 0.15) is 11.1 Å². The third kappa shape index (κ3) is 7.96. The molecule has 28 heavy (non-hydrogen) atoms. The van der Waals surface area contributed by atoms with Crippen molar-refractivity contribution in [3.63, 3.8) is 0 Å². The highest BCUT2D eigenvalue weighted by molar-refractivity contribution is 14.0. The second-order valence-electron chi connectivity index (χ2n) is 6.32. The van der Waals surface area contributed by atoms with Crippen LogP contribution in [-0.2, 0) is 16.4 Å². The lowest BCUT2D eigenvalue weighted by molar-refractivity contribution is 0.409. The first-order valence-corrected chi connectivity index (χ1v) is 11.9. The highest BCUT2D eigenvalue weighted by atomic mass is 127. The molecule has 1 fully saturated rings. The number of hydrogen-bond donors (Lipinski definition) is 2. The van der Waals surface area contributed by atoms with Crippen molar-refractivity contribution in [3.05, 3.63) is 29.3 Å². The van der Waals surface area contributed by atoms with Gasteiger partial charge in [-0.2, -0.15) is 11.8 Å². The maximum absolute atomic E-state index is 12.4. The van der Waals surface area contributed by atoms with E-state index in [0.717, 1.165) is 29.2 Å². The summed E-state index contributed by atoms with van der Waals surface area (Å²) in [6, 6.07) is 6.11. The number of halogens is 1. The molecule has 0 atom stereocenters. The molecule has 1 aliphatic rings. The zero-order valence-electron chi connectivity index (χ0n) is 16.7. The molecule has 1 aromatic carbocycles. The van der Waals surface area contributed by atoms with E-state index in [0.29, 0.717) is 32.1 Å².